The fourth-order valence-corrected chi connectivity index (χ4v) is 7.24. The Bertz CT molecular complexity index is 1060. The average Bonchev–Trinajstić information content (AvgIpc) is 3.38. The minimum Gasteiger partial charge on any atom is -0.489 e. The Hall–Kier alpha value is -2.08. The molecule has 1 aromatic carbocycles. The molecule has 6 rings (SSSR count). The smallest absolute Gasteiger partial charge is 0.252 e. The highest BCUT2D eigenvalue weighted by Gasteiger charge is 2.54. The van der Waals surface area contributed by atoms with E-state index in [0.717, 1.165) is 50.9 Å². The Balaban J connectivity index is 1.27. The summed E-state index contributed by atoms with van der Waals surface area (Å²) in [5.41, 5.74) is 1.39. The second-order valence-electron chi connectivity index (χ2n) is 11.8. The number of benzene rings is 1. The quantitative estimate of drug-likeness (QED) is 0.419. The minimum absolute atomic E-state index is 0.0270. The van der Waals surface area contributed by atoms with Crippen molar-refractivity contribution in [2.24, 2.45) is 23.2 Å². The summed E-state index contributed by atoms with van der Waals surface area (Å²) in [7, 11) is 0. The standard InChI is InChI=1S/C29H38ClFN2O3/c1-29(2)18-12-11-17(22(29)13-18)16-32-27(34)20-9-5-6-10-21(20)28(35)33-25-15-26(23(30)14-24(25)31)36-19-7-3-4-8-19/h14-15,17-19,22H,3-13,16H2,1-2H3,(H,32,34)(H,33,35)/t17?,18-,22-/m0/s1. The van der Waals surface area contributed by atoms with E-state index in [0.29, 0.717) is 53.5 Å². The zero-order chi connectivity index (χ0) is 25.4. The van der Waals surface area contributed by atoms with Crippen molar-refractivity contribution in [2.75, 3.05) is 11.9 Å². The highest BCUT2D eigenvalue weighted by atomic mass is 35.5. The van der Waals surface area contributed by atoms with Crippen LogP contribution in [-0.4, -0.2) is 24.5 Å². The van der Waals surface area contributed by atoms with E-state index in [1.807, 2.05) is 0 Å². The monoisotopic (exact) mass is 516 g/mol. The van der Waals surface area contributed by atoms with Crippen LogP contribution in [0, 0.1) is 29.0 Å². The first-order valence-corrected chi connectivity index (χ1v) is 14.1. The number of halogens is 2. The fraction of sp³-hybridized carbons (Fsp3) is 0.655. The highest BCUT2D eigenvalue weighted by molar-refractivity contribution is 6.32. The molecule has 5 aliphatic carbocycles. The number of ether oxygens (including phenoxy) is 1. The Morgan fingerprint density at radius 2 is 1.72 bits per heavy atom. The lowest BCUT2D eigenvalue weighted by molar-refractivity contribution is -0.122. The molecule has 3 atom stereocenters. The van der Waals surface area contributed by atoms with E-state index in [2.05, 4.69) is 24.5 Å². The van der Waals surface area contributed by atoms with Gasteiger partial charge in [-0.25, -0.2) is 4.39 Å². The molecule has 2 N–H and O–H groups in total. The summed E-state index contributed by atoms with van der Waals surface area (Å²) in [4.78, 5) is 26.4. The number of nitrogens with one attached hydrogen (secondary N) is 2. The summed E-state index contributed by atoms with van der Waals surface area (Å²) >= 11 is 6.22. The van der Waals surface area contributed by atoms with Gasteiger partial charge in [-0.05, 0) is 99.9 Å². The van der Waals surface area contributed by atoms with Gasteiger partial charge in [0.15, 0.2) is 0 Å². The summed E-state index contributed by atoms with van der Waals surface area (Å²) in [5.74, 6) is 1.17. The predicted octanol–water partition coefficient (Wildman–Crippen LogP) is 6.80. The molecule has 2 bridgehead atoms. The van der Waals surface area contributed by atoms with Gasteiger partial charge in [0.2, 0.25) is 5.91 Å². The van der Waals surface area contributed by atoms with Crippen molar-refractivity contribution < 1.29 is 18.7 Å². The minimum atomic E-state index is -0.617. The Labute approximate surface area is 218 Å². The van der Waals surface area contributed by atoms with E-state index >= 15 is 0 Å². The lowest BCUT2D eigenvalue weighted by atomic mass is 9.45. The van der Waals surface area contributed by atoms with E-state index in [4.69, 9.17) is 16.3 Å². The van der Waals surface area contributed by atoms with E-state index in [1.54, 1.807) is 0 Å². The van der Waals surface area contributed by atoms with Gasteiger partial charge in [-0.3, -0.25) is 9.59 Å². The van der Waals surface area contributed by atoms with Gasteiger partial charge in [-0.15, -0.1) is 0 Å². The Morgan fingerprint density at radius 1 is 1.03 bits per heavy atom. The number of hydrogen-bond acceptors (Lipinski definition) is 3. The Morgan fingerprint density at radius 3 is 2.39 bits per heavy atom. The van der Waals surface area contributed by atoms with Crippen LogP contribution in [0.3, 0.4) is 0 Å². The van der Waals surface area contributed by atoms with Gasteiger partial charge in [-0.2, -0.15) is 0 Å². The highest BCUT2D eigenvalue weighted by Crippen LogP contribution is 2.61. The van der Waals surface area contributed by atoms with Crippen LogP contribution in [-0.2, 0) is 9.59 Å². The van der Waals surface area contributed by atoms with Gasteiger partial charge in [0.25, 0.3) is 5.91 Å². The van der Waals surface area contributed by atoms with E-state index in [-0.39, 0.29) is 22.7 Å². The van der Waals surface area contributed by atoms with Crippen molar-refractivity contribution in [3.8, 4) is 5.75 Å². The van der Waals surface area contributed by atoms with Gasteiger partial charge >= 0.3 is 0 Å². The number of anilines is 1. The molecule has 0 spiro atoms. The molecule has 0 saturated heterocycles. The molecule has 4 saturated carbocycles. The molecule has 5 aliphatic rings. The number of carbonyl (C=O) groups excluding carboxylic acids is 2. The van der Waals surface area contributed by atoms with Crippen molar-refractivity contribution in [3.63, 3.8) is 0 Å². The van der Waals surface area contributed by atoms with E-state index in [9.17, 15) is 14.0 Å². The van der Waals surface area contributed by atoms with Gasteiger partial charge in [-0.1, -0.05) is 25.4 Å². The second kappa shape index (κ2) is 10.4. The third-order valence-corrected chi connectivity index (χ3v) is 9.70. The van der Waals surface area contributed by atoms with Crippen molar-refractivity contribution in [2.45, 2.75) is 90.6 Å². The fourth-order valence-electron chi connectivity index (χ4n) is 7.04. The Kier molecular flexibility index (Phi) is 7.35. The molecule has 7 heteroatoms. The number of hydrogen-bond donors (Lipinski definition) is 2. The first kappa shape index (κ1) is 25.6. The molecule has 1 aromatic rings. The summed E-state index contributed by atoms with van der Waals surface area (Å²) in [6.07, 6.45) is 10.6. The molecule has 0 heterocycles. The molecule has 0 radical (unpaired) electrons. The molecule has 0 aliphatic heterocycles. The maximum atomic E-state index is 14.7. The van der Waals surface area contributed by atoms with Crippen LogP contribution in [0.1, 0.15) is 84.5 Å². The number of fused-ring (bicyclic) bond motifs is 2. The zero-order valence-electron chi connectivity index (χ0n) is 21.4. The van der Waals surface area contributed by atoms with Gasteiger partial charge in [0, 0.05) is 23.8 Å². The molecule has 36 heavy (non-hydrogen) atoms. The largest absolute Gasteiger partial charge is 0.489 e. The summed E-state index contributed by atoms with van der Waals surface area (Å²) in [6, 6.07) is 2.65. The molecule has 1 unspecified atom stereocenters. The average molecular weight is 517 g/mol. The van der Waals surface area contributed by atoms with Crippen LogP contribution in [0.4, 0.5) is 10.1 Å². The zero-order valence-corrected chi connectivity index (χ0v) is 22.2. The first-order chi connectivity index (χ1) is 17.2. The molecule has 2 amide bonds. The van der Waals surface area contributed by atoms with Crippen molar-refractivity contribution in [1.82, 2.24) is 5.32 Å². The van der Waals surface area contributed by atoms with Crippen LogP contribution in [0.15, 0.2) is 23.3 Å². The predicted molar refractivity (Wildman–Crippen MR) is 140 cm³/mol. The SMILES string of the molecule is CC1(C)[C@H]2CCC(CNC(=O)C3=C(C(=O)Nc4cc(OC5CCCC5)c(Cl)cc4F)CCCC3)[C@@H]1C2. The number of carbonyl (C=O) groups is 2. The lowest BCUT2D eigenvalue weighted by Crippen LogP contribution is -2.54. The maximum Gasteiger partial charge on any atom is 0.252 e. The molecule has 0 aromatic heterocycles. The third kappa shape index (κ3) is 5.03. The van der Waals surface area contributed by atoms with Crippen molar-refractivity contribution >= 4 is 29.1 Å². The number of amides is 2. The van der Waals surface area contributed by atoms with E-state index in [1.165, 1.54) is 25.0 Å². The topological polar surface area (TPSA) is 67.4 Å². The van der Waals surface area contributed by atoms with Crippen LogP contribution in [0.5, 0.6) is 5.75 Å². The summed E-state index contributed by atoms with van der Waals surface area (Å²) < 4.78 is 20.7. The summed E-state index contributed by atoms with van der Waals surface area (Å²) in [5, 5.41) is 6.03. The third-order valence-electron chi connectivity index (χ3n) is 9.41. The van der Waals surface area contributed by atoms with Crippen LogP contribution in [0.25, 0.3) is 0 Å². The van der Waals surface area contributed by atoms with E-state index < -0.39 is 11.7 Å². The molecular weight excluding hydrogens is 479 g/mol. The lowest BCUT2D eigenvalue weighted by Gasteiger charge is -2.60. The molecular formula is C29H38ClFN2O3. The molecule has 5 nitrogen and oxygen atoms in total. The van der Waals surface area contributed by atoms with Gasteiger partial charge in [0.1, 0.15) is 11.6 Å². The van der Waals surface area contributed by atoms with Crippen LogP contribution < -0.4 is 15.4 Å². The number of rotatable bonds is 7. The van der Waals surface area contributed by atoms with Gasteiger partial charge in [0.05, 0.1) is 16.8 Å². The van der Waals surface area contributed by atoms with Crippen molar-refractivity contribution in [1.29, 1.82) is 0 Å². The van der Waals surface area contributed by atoms with Crippen LogP contribution in [0.2, 0.25) is 5.02 Å². The second-order valence-corrected chi connectivity index (χ2v) is 12.2. The molecule has 4 fully saturated rings. The first-order valence-electron chi connectivity index (χ1n) is 13.7. The summed E-state index contributed by atoms with van der Waals surface area (Å²) in [6.45, 7) is 5.36. The van der Waals surface area contributed by atoms with Crippen molar-refractivity contribution in [3.05, 3.63) is 34.1 Å². The maximum absolute atomic E-state index is 14.7. The van der Waals surface area contributed by atoms with Crippen LogP contribution >= 0.6 is 11.6 Å². The van der Waals surface area contributed by atoms with Gasteiger partial charge < -0.3 is 15.4 Å². The molecule has 196 valence electrons. The normalized spacial score (nSPS) is 27.4.